The van der Waals surface area contributed by atoms with Crippen LogP contribution in [0.25, 0.3) is 0 Å². The van der Waals surface area contributed by atoms with Crippen molar-refractivity contribution in [3.8, 4) is 0 Å². The van der Waals surface area contributed by atoms with Gasteiger partial charge in [0.15, 0.2) is 0 Å². The van der Waals surface area contributed by atoms with Gasteiger partial charge in [0.2, 0.25) is 0 Å². The zero-order valence-electron chi connectivity index (χ0n) is 14.6. The van der Waals surface area contributed by atoms with Crippen LogP contribution in [0.2, 0.25) is 0 Å². The zero-order valence-corrected chi connectivity index (χ0v) is 14.6. The van der Waals surface area contributed by atoms with Gasteiger partial charge in [-0.2, -0.15) is 5.10 Å². The molecule has 2 aliphatic rings. The van der Waals surface area contributed by atoms with Crippen molar-refractivity contribution in [1.82, 2.24) is 14.7 Å². The Balaban J connectivity index is 1.53. The largest absolute Gasteiger partial charge is 0.337 e. The fourth-order valence-corrected chi connectivity index (χ4v) is 4.24. The van der Waals surface area contributed by atoms with Gasteiger partial charge < -0.3 is 4.90 Å². The van der Waals surface area contributed by atoms with E-state index in [4.69, 9.17) is 0 Å². The summed E-state index contributed by atoms with van der Waals surface area (Å²) < 4.78 is 2.11. The Morgan fingerprint density at radius 2 is 1.96 bits per heavy atom. The molecule has 126 valence electrons. The van der Waals surface area contributed by atoms with Gasteiger partial charge in [-0.15, -0.1) is 0 Å². The first-order valence-electron chi connectivity index (χ1n) is 9.05. The van der Waals surface area contributed by atoms with Gasteiger partial charge >= 0.3 is 0 Å². The Kier molecular flexibility index (Phi) is 3.91. The van der Waals surface area contributed by atoms with Gasteiger partial charge in [0, 0.05) is 24.3 Å². The second-order valence-electron chi connectivity index (χ2n) is 7.26. The Morgan fingerprint density at radius 3 is 2.75 bits per heavy atom. The van der Waals surface area contributed by atoms with Crippen molar-refractivity contribution < 1.29 is 4.79 Å². The third-order valence-corrected chi connectivity index (χ3v) is 5.42. The Hall–Kier alpha value is -2.10. The maximum absolute atomic E-state index is 13.0. The van der Waals surface area contributed by atoms with E-state index in [0.29, 0.717) is 6.04 Å². The molecular formula is C20H25N3O. The molecule has 1 saturated heterocycles. The van der Waals surface area contributed by atoms with Gasteiger partial charge in [0.1, 0.15) is 0 Å². The van der Waals surface area contributed by atoms with Crippen LogP contribution in [0.1, 0.15) is 58.2 Å². The van der Waals surface area contributed by atoms with Crippen molar-refractivity contribution in [2.45, 2.75) is 52.0 Å². The number of hydrogen-bond donors (Lipinski definition) is 0. The number of benzene rings is 1. The number of aryl methyl sites for hydroxylation is 4. The van der Waals surface area contributed by atoms with Crippen LogP contribution in [0.15, 0.2) is 24.3 Å². The van der Waals surface area contributed by atoms with Gasteiger partial charge in [-0.3, -0.25) is 9.48 Å². The number of carbonyl (C=O) groups is 1. The fraction of sp³-hybridized carbons (Fsp3) is 0.500. The highest BCUT2D eigenvalue weighted by Crippen LogP contribution is 2.26. The molecule has 4 nitrogen and oxygen atoms in total. The number of likely N-dealkylation sites (tertiary alicyclic amines) is 1. The highest BCUT2D eigenvalue weighted by molar-refractivity contribution is 5.94. The molecule has 24 heavy (non-hydrogen) atoms. The van der Waals surface area contributed by atoms with Gasteiger partial charge in [-0.05, 0) is 75.3 Å². The lowest BCUT2D eigenvalue weighted by molar-refractivity contribution is 0.0671. The SMILES string of the molecule is Cc1cc(C)n([C@@H]2CCCN(C(=O)c3ccc4c(c3)CCC4)C2)n1. The van der Waals surface area contributed by atoms with Crippen LogP contribution in [0.3, 0.4) is 0 Å². The van der Waals surface area contributed by atoms with Crippen LogP contribution in [0.4, 0.5) is 0 Å². The standard InChI is InChI=1S/C20H25N3O/c1-14-11-15(2)23(21-14)19-7-4-10-22(13-19)20(24)18-9-8-16-5-3-6-17(16)12-18/h8-9,11-12,19H,3-7,10,13H2,1-2H3/t19-/m1/s1. The number of piperidine rings is 1. The summed E-state index contributed by atoms with van der Waals surface area (Å²) in [6, 6.07) is 8.70. The quantitative estimate of drug-likeness (QED) is 0.849. The van der Waals surface area contributed by atoms with Crippen molar-refractivity contribution in [1.29, 1.82) is 0 Å². The monoisotopic (exact) mass is 323 g/mol. The summed E-state index contributed by atoms with van der Waals surface area (Å²) in [5.74, 6) is 0.177. The van der Waals surface area contributed by atoms with E-state index in [0.717, 1.165) is 50.0 Å². The van der Waals surface area contributed by atoms with E-state index in [9.17, 15) is 4.79 Å². The third kappa shape index (κ3) is 2.74. The van der Waals surface area contributed by atoms with Gasteiger partial charge in [0.05, 0.1) is 11.7 Å². The third-order valence-electron chi connectivity index (χ3n) is 5.42. The molecule has 1 atom stereocenters. The Labute approximate surface area is 143 Å². The minimum Gasteiger partial charge on any atom is -0.337 e. The Morgan fingerprint density at radius 1 is 1.12 bits per heavy atom. The molecular weight excluding hydrogens is 298 g/mol. The van der Waals surface area contributed by atoms with Crippen LogP contribution in [0, 0.1) is 13.8 Å². The van der Waals surface area contributed by atoms with Crippen molar-refractivity contribution in [2.24, 2.45) is 0 Å². The molecule has 0 spiro atoms. The van der Waals surface area contributed by atoms with Crippen molar-refractivity contribution >= 4 is 5.91 Å². The second-order valence-corrected chi connectivity index (χ2v) is 7.26. The lowest BCUT2D eigenvalue weighted by atomic mass is 10.0. The molecule has 0 unspecified atom stereocenters. The predicted molar refractivity (Wildman–Crippen MR) is 94.3 cm³/mol. The second kappa shape index (κ2) is 6.08. The molecule has 0 N–H and O–H groups in total. The number of carbonyl (C=O) groups excluding carboxylic acids is 1. The molecule has 1 fully saturated rings. The van der Waals surface area contributed by atoms with E-state index in [2.05, 4.69) is 34.9 Å². The normalized spacial score (nSPS) is 20.2. The maximum Gasteiger partial charge on any atom is 0.253 e. The number of nitrogens with zero attached hydrogens (tertiary/aromatic N) is 3. The molecule has 1 aromatic carbocycles. The molecule has 1 amide bonds. The van der Waals surface area contributed by atoms with E-state index in [1.54, 1.807) is 0 Å². The first kappa shape index (κ1) is 15.4. The summed E-state index contributed by atoms with van der Waals surface area (Å²) in [5, 5.41) is 4.63. The molecule has 0 bridgehead atoms. The fourth-order valence-electron chi connectivity index (χ4n) is 4.24. The smallest absolute Gasteiger partial charge is 0.253 e. The zero-order chi connectivity index (χ0) is 16.7. The van der Waals surface area contributed by atoms with Crippen LogP contribution in [-0.2, 0) is 12.8 Å². The number of fused-ring (bicyclic) bond motifs is 1. The summed E-state index contributed by atoms with van der Waals surface area (Å²) in [4.78, 5) is 15.0. The van der Waals surface area contributed by atoms with Crippen LogP contribution in [0.5, 0.6) is 0 Å². The van der Waals surface area contributed by atoms with E-state index >= 15 is 0 Å². The molecule has 0 radical (unpaired) electrons. The van der Waals surface area contributed by atoms with E-state index < -0.39 is 0 Å². The lowest BCUT2D eigenvalue weighted by Crippen LogP contribution is -2.41. The minimum absolute atomic E-state index is 0.177. The van der Waals surface area contributed by atoms with Gasteiger partial charge in [-0.1, -0.05) is 6.07 Å². The first-order valence-corrected chi connectivity index (χ1v) is 9.05. The predicted octanol–water partition coefficient (Wildman–Crippen LogP) is 3.47. The molecule has 0 saturated carbocycles. The topological polar surface area (TPSA) is 38.1 Å². The van der Waals surface area contributed by atoms with E-state index in [-0.39, 0.29) is 5.91 Å². The average Bonchev–Trinajstić information content (AvgIpc) is 3.19. The van der Waals surface area contributed by atoms with Crippen LogP contribution >= 0.6 is 0 Å². The maximum atomic E-state index is 13.0. The van der Waals surface area contributed by atoms with Crippen LogP contribution in [-0.4, -0.2) is 33.7 Å². The van der Waals surface area contributed by atoms with Crippen LogP contribution < -0.4 is 0 Å². The molecule has 2 heterocycles. The highest BCUT2D eigenvalue weighted by Gasteiger charge is 2.27. The average molecular weight is 323 g/mol. The van der Waals surface area contributed by atoms with Crippen molar-refractivity contribution in [3.05, 3.63) is 52.3 Å². The summed E-state index contributed by atoms with van der Waals surface area (Å²) in [6.07, 6.45) is 5.63. The number of rotatable bonds is 2. The Bertz CT molecular complexity index is 777. The first-order chi connectivity index (χ1) is 11.6. The summed E-state index contributed by atoms with van der Waals surface area (Å²) >= 11 is 0. The molecule has 1 aromatic heterocycles. The van der Waals surface area contributed by atoms with E-state index in [1.165, 1.54) is 23.2 Å². The van der Waals surface area contributed by atoms with Crippen molar-refractivity contribution in [2.75, 3.05) is 13.1 Å². The highest BCUT2D eigenvalue weighted by atomic mass is 16.2. The van der Waals surface area contributed by atoms with Gasteiger partial charge in [0.25, 0.3) is 5.91 Å². The van der Waals surface area contributed by atoms with E-state index in [1.807, 2.05) is 17.9 Å². The number of hydrogen-bond acceptors (Lipinski definition) is 2. The van der Waals surface area contributed by atoms with Crippen molar-refractivity contribution in [3.63, 3.8) is 0 Å². The summed E-state index contributed by atoms with van der Waals surface area (Å²) in [7, 11) is 0. The number of aromatic nitrogens is 2. The summed E-state index contributed by atoms with van der Waals surface area (Å²) in [5.41, 5.74) is 5.88. The lowest BCUT2D eigenvalue weighted by Gasteiger charge is -2.33. The molecule has 4 heteroatoms. The number of amides is 1. The minimum atomic E-state index is 0.177. The molecule has 4 rings (SSSR count). The molecule has 1 aliphatic heterocycles. The molecule has 1 aliphatic carbocycles. The summed E-state index contributed by atoms with van der Waals surface area (Å²) in [6.45, 7) is 5.74. The molecule has 2 aromatic rings. The van der Waals surface area contributed by atoms with Gasteiger partial charge in [-0.25, -0.2) is 0 Å².